The van der Waals surface area contributed by atoms with Crippen molar-refractivity contribution in [3.05, 3.63) is 60.2 Å². The van der Waals surface area contributed by atoms with Crippen molar-refractivity contribution < 1.29 is 23.7 Å². The number of carbonyl (C=O) groups excluding carboxylic acids is 1. The molecule has 0 aliphatic carbocycles. The summed E-state index contributed by atoms with van der Waals surface area (Å²) in [4.78, 5) is 12.6. The molecule has 0 atom stereocenters. The molecule has 0 radical (unpaired) electrons. The highest BCUT2D eigenvalue weighted by atomic mass is 16.5. The van der Waals surface area contributed by atoms with Crippen LogP contribution in [0.3, 0.4) is 0 Å². The average molecular weight is 449 g/mol. The highest BCUT2D eigenvalue weighted by molar-refractivity contribution is 5.95. The number of fused-ring (bicyclic) bond motifs is 1. The van der Waals surface area contributed by atoms with Crippen LogP contribution in [0.1, 0.15) is 10.4 Å². The van der Waals surface area contributed by atoms with Crippen LogP contribution in [-0.4, -0.2) is 60.2 Å². The lowest BCUT2D eigenvalue weighted by molar-refractivity contribution is 0.0945. The molecular formula is C23H23N5O5. The monoisotopic (exact) mass is 449 g/mol. The number of nitrogens with zero attached hydrogens (tertiary/aromatic N) is 4. The van der Waals surface area contributed by atoms with Crippen LogP contribution in [0.15, 0.2) is 54.6 Å². The fourth-order valence-corrected chi connectivity index (χ4v) is 3.25. The summed E-state index contributed by atoms with van der Waals surface area (Å²) in [5.41, 5.74) is 1.88. The topological polar surface area (TPSA) is 109 Å². The fourth-order valence-electron chi connectivity index (χ4n) is 3.25. The Balaban J connectivity index is 1.39. The number of methoxy groups -OCH3 is 3. The number of hydrogen-bond donors (Lipinski definition) is 1. The van der Waals surface area contributed by atoms with Crippen molar-refractivity contribution in [2.24, 2.45) is 0 Å². The van der Waals surface area contributed by atoms with Crippen molar-refractivity contribution in [1.29, 1.82) is 0 Å². The summed E-state index contributed by atoms with van der Waals surface area (Å²) in [5, 5.41) is 15.6. The Hall–Kier alpha value is -4.34. The lowest BCUT2D eigenvalue weighted by Gasteiger charge is -2.14. The zero-order valence-electron chi connectivity index (χ0n) is 18.4. The molecule has 0 saturated carbocycles. The molecule has 0 fully saturated rings. The highest BCUT2D eigenvalue weighted by Crippen LogP contribution is 2.38. The maximum atomic E-state index is 12.6. The quantitative estimate of drug-likeness (QED) is 0.389. The summed E-state index contributed by atoms with van der Waals surface area (Å²) >= 11 is 0. The molecule has 4 aromatic rings. The first-order chi connectivity index (χ1) is 16.1. The van der Waals surface area contributed by atoms with Gasteiger partial charge in [0, 0.05) is 17.2 Å². The zero-order valence-corrected chi connectivity index (χ0v) is 18.4. The van der Waals surface area contributed by atoms with E-state index >= 15 is 0 Å². The van der Waals surface area contributed by atoms with E-state index < -0.39 is 0 Å². The minimum atomic E-state index is -0.300. The smallest absolute Gasteiger partial charge is 0.251 e. The summed E-state index contributed by atoms with van der Waals surface area (Å²) in [7, 11) is 4.50. The molecule has 1 amide bonds. The Morgan fingerprint density at radius 2 is 1.67 bits per heavy atom. The van der Waals surface area contributed by atoms with Crippen LogP contribution in [0.2, 0.25) is 0 Å². The molecule has 10 nitrogen and oxygen atoms in total. The number of ether oxygens (including phenoxy) is 4. The number of carbonyl (C=O) groups is 1. The van der Waals surface area contributed by atoms with Crippen LogP contribution < -0.4 is 24.3 Å². The third-order valence-electron chi connectivity index (χ3n) is 4.83. The van der Waals surface area contributed by atoms with Crippen LogP contribution >= 0.6 is 0 Å². The minimum Gasteiger partial charge on any atom is -0.493 e. The van der Waals surface area contributed by atoms with Gasteiger partial charge in [-0.25, -0.2) is 0 Å². The molecule has 0 spiro atoms. The van der Waals surface area contributed by atoms with Gasteiger partial charge in [-0.3, -0.25) is 4.79 Å². The van der Waals surface area contributed by atoms with Gasteiger partial charge in [-0.05, 0) is 18.2 Å². The van der Waals surface area contributed by atoms with E-state index in [0.717, 1.165) is 5.56 Å². The van der Waals surface area contributed by atoms with Gasteiger partial charge in [0.25, 0.3) is 5.91 Å². The molecule has 0 bridgehead atoms. The van der Waals surface area contributed by atoms with Crippen LogP contribution in [0.25, 0.3) is 17.0 Å². The van der Waals surface area contributed by atoms with Crippen LogP contribution in [0.4, 0.5) is 0 Å². The second-order valence-electron chi connectivity index (χ2n) is 6.85. The standard InChI is InChI=1S/C23H23N5O5/c1-30-17-13-16(14-18(31-2)21(17)32-3)23(29)24-11-12-33-20-10-9-19-25-26-22(28(19)27-20)15-7-5-4-6-8-15/h4-10,13-14H,11-12H2,1-3H3,(H,24,29). The number of nitrogens with one attached hydrogen (secondary N) is 1. The van der Waals surface area contributed by atoms with Crippen molar-refractivity contribution in [1.82, 2.24) is 25.1 Å². The second-order valence-corrected chi connectivity index (χ2v) is 6.85. The van der Waals surface area contributed by atoms with Crippen molar-refractivity contribution in [2.45, 2.75) is 0 Å². The van der Waals surface area contributed by atoms with Crippen LogP contribution in [-0.2, 0) is 0 Å². The number of hydrogen-bond acceptors (Lipinski definition) is 8. The van der Waals surface area contributed by atoms with E-state index in [0.29, 0.717) is 40.2 Å². The van der Waals surface area contributed by atoms with Crippen molar-refractivity contribution in [2.75, 3.05) is 34.5 Å². The Kier molecular flexibility index (Phi) is 6.53. The molecule has 0 aliphatic heterocycles. The number of amides is 1. The maximum absolute atomic E-state index is 12.6. The second kappa shape index (κ2) is 9.86. The van der Waals surface area contributed by atoms with Gasteiger partial charge in [0.15, 0.2) is 23.0 Å². The zero-order chi connectivity index (χ0) is 23.2. The first-order valence-corrected chi connectivity index (χ1v) is 10.1. The van der Waals surface area contributed by atoms with Gasteiger partial charge < -0.3 is 24.3 Å². The molecule has 10 heteroatoms. The van der Waals surface area contributed by atoms with E-state index in [2.05, 4.69) is 20.6 Å². The van der Waals surface area contributed by atoms with E-state index in [1.165, 1.54) is 21.3 Å². The number of rotatable bonds is 9. The fraction of sp³-hybridized carbons (Fsp3) is 0.217. The summed E-state index contributed by atoms with van der Waals surface area (Å²) in [6.45, 7) is 0.487. The molecule has 0 aliphatic rings. The summed E-state index contributed by atoms with van der Waals surface area (Å²) in [5.74, 6) is 1.93. The SMILES string of the molecule is COc1cc(C(=O)NCCOc2ccc3nnc(-c4ccccc4)n3n2)cc(OC)c1OC. The van der Waals surface area contributed by atoms with Crippen LogP contribution in [0, 0.1) is 0 Å². The first kappa shape index (κ1) is 21.9. The third-order valence-corrected chi connectivity index (χ3v) is 4.83. The molecule has 170 valence electrons. The molecule has 2 heterocycles. The van der Waals surface area contributed by atoms with Crippen molar-refractivity contribution >= 4 is 11.6 Å². The van der Waals surface area contributed by atoms with Crippen molar-refractivity contribution in [3.63, 3.8) is 0 Å². The molecular weight excluding hydrogens is 426 g/mol. The van der Waals surface area contributed by atoms with Gasteiger partial charge >= 0.3 is 0 Å². The molecule has 0 saturated heterocycles. The molecule has 1 N–H and O–H groups in total. The summed E-state index contributed by atoms with van der Waals surface area (Å²) in [6.07, 6.45) is 0. The predicted octanol–water partition coefficient (Wildman–Crippen LogP) is 2.63. The Morgan fingerprint density at radius 1 is 0.939 bits per heavy atom. The van der Waals surface area contributed by atoms with Gasteiger partial charge in [0.2, 0.25) is 11.6 Å². The van der Waals surface area contributed by atoms with E-state index in [1.54, 1.807) is 28.8 Å². The van der Waals surface area contributed by atoms with Crippen LogP contribution in [0.5, 0.6) is 23.1 Å². The Labute approximate surface area is 190 Å². The highest BCUT2D eigenvalue weighted by Gasteiger charge is 2.17. The normalized spacial score (nSPS) is 10.6. The lowest BCUT2D eigenvalue weighted by Crippen LogP contribution is -2.28. The Morgan fingerprint density at radius 3 is 2.33 bits per heavy atom. The summed E-state index contributed by atoms with van der Waals surface area (Å²) in [6, 6.07) is 16.3. The van der Waals surface area contributed by atoms with E-state index in [9.17, 15) is 4.79 Å². The number of benzene rings is 2. The van der Waals surface area contributed by atoms with E-state index in [-0.39, 0.29) is 19.1 Å². The van der Waals surface area contributed by atoms with Gasteiger partial charge in [-0.15, -0.1) is 15.3 Å². The molecule has 4 rings (SSSR count). The van der Waals surface area contributed by atoms with Crippen molar-refractivity contribution in [3.8, 4) is 34.5 Å². The molecule has 0 unspecified atom stereocenters. The predicted molar refractivity (Wildman–Crippen MR) is 120 cm³/mol. The average Bonchev–Trinajstić information content (AvgIpc) is 3.29. The Bertz CT molecular complexity index is 1230. The van der Waals surface area contributed by atoms with Gasteiger partial charge in [0.05, 0.1) is 27.9 Å². The van der Waals surface area contributed by atoms with Gasteiger partial charge in [-0.1, -0.05) is 30.3 Å². The molecule has 2 aromatic carbocycles. The van der Waals surface area contributed by atoms with Gasteiger partial charge in [-0.2, -0.15) is 4.52 Å². The lowest BCUT2D eigenvalue weighted by atomic mass is 10.1. The largest absolute Gasteiger partial charge is 0.493 e. The third kappa shape index (κ3) is 4.64. The molecule has 2 aromatic heterocycles. The molecule has 33 heavy (non-hydrogen) atoms. The van der Waals surface area contributed by atoms with E-state index in [4.69, 9.17) is 18.9 Å². The minimum absolute atomic E-state index is 0.220. The summed E-state index contributed by atoms with van der Waals surface area (Å²) < 4.78 is 23.2. The number of aromatic nitrogens is 4. The first-order valence-electron chi connectivity index (χ1n) is 10.1. The van der Waals surface area contributed by atoms with Gasteiger partial charge in [0.1, 0.15) is 6.61 Å². The maximum Gasteiger partial charge on any atom is 0.251 e. The van der Waals surface area contributed by atoms with E-state index in [1.807, 2.05) is 30.3 Å².